The molecule has 2 heterocycles. The van der Waals surface area contributed by atoms with Crippen LogP contribution in [0.25, 0.3) is 0 Å². The van der Waals surface area contributed by atoms with Crippen molar-refractivity contribution in [1.29, 1.82) is 0 Å². The Morgan fingerprint density at radius 2 is 1.88 bits per heavy atom. The first kappa shape index (κ1) is 13.8. The SMILES string of the molecule is Cl[Si](Cl)(Cl)CCCN1CCCN2CCCN=C21. The third-order valence-electron chi connectivity index (χ3n) is 3.15. The van der Waals surface area contributed by atoms with Crippen molar-refractivity contribution in [1.82, 2.24) is 9.80 Å². The van der Waals surface area contributed by atoms with Crippen LogP contribution in [0.1, 0.15) is 19.3 Å². The predicted molar refractivity (Wildman–Crippen MR) is 77.4 cm³/mol. The van der Waals surface area contributed by atoms with Gasteiger partial charge in [-0.1, -0.05) is 0 Å². The Hall–Kier alpha value is 0.357. The molecule has 0 amide bonds. The van der Waals surface area contributed by atoms with Gasteiger partial charge in [0.2, 0.25) is 0 Å². The average Bonchev–Trinajstić information content (AvgIpc) is 2.28. The van der Waals surface area contributed by atoms with Crippen LogP contribution in [0.15, 0.2) is 4.99 Å². The van der Waals surface area contributed by atoms with E-state index in [4.69, 9.17) is 33.2 Å². The van der Waals surface area contributed by atoms with Gasteiger partial charge in [-0.25, -0.2) is 0 Å². The van der Waals surface area contributed by atoms with Crippen LogP contribution >= 0.6 is 33.2 Å². The highest BCUT2D eigenvalue weighted by molar-refractivity contribution is 7.64. The predicted octanol–water partition coefficient (Wildman–Crippen LogP) is 2.80. The number of rotatable bonds is 4. The maximum atomic E-state index is 5.90. The molecule has 1 saturated heterocycles. The van der Waals surface area contributed by atoms with Gasteiger partial charge in [-0.2, -0.15) is 0 Å². The summed E-state index contributed by atoms with van der Waals surface area (Å²) < 4.78 is 0. The number of halogens is 3. The summed E-state index contributed by atoms with van der Waals surface area (Å²) in [5.41, 5.74) is 0. The van der Waals surface area contributed by atoms with Crippen LogP contribution < -0.4 is 0 Å². The van der Waals surface area contributed by atoms with E-state index < -0.39 is 6.00 Å². The second-order valence-corrected chi connectivity index (χ2v) is 13.9. The summed E-state index contributed by atoms with van der Waals surface area (Å²) in [6.07, 6.45) is 3.35. The summed E-state index contributed by atoms with van der Waals surface area (Å²) in [6, 6.07) is -1.71. The first-order chi connectivity index (χ1) is 8.06. The van der Waals surface area contributed by atoms with Gasteiger partial charge in [0, 0.05) is 32.7 Å². The first-order valence-electron chi connectivity index (χ1n) is 6.17. The summed E-state index contributed by atoms with van der Waals surface area (Å²) in [5, 5.41) is 0. The zero-order chi connectivity index (χ0) is 12.3. The summed E-state index contributed by atoms with van der Waals surface area (Å²) in [7, 11) is 0. The number of hydrogen-bond acceptors (Lipinski definition) is 3. The van der Waals surface area contributed by atoms with Crippen LogP contribution in [0.5, 0.6) is 0 Å². The van der Waals surface area contributed by atoms with Gasteiger partial charge in [0.15, 0.2) is 5.96 Å². The number of fused-ring (bicyclic) bond motifs is 1. The van der Waals surface area contributed by atoms with Gasteiger partial charge in [0.05, 0.1) is 0 Å². The molecule has 98 valence electrons. The minimum absolute atomic E-state index is 0.738. The quantitative estimate of drug-likeness (QED) is 0.587. The molecule has 0 aromatic rings. The highest BCUT2D eigenvalue weighted by atomic mass is 35.8. The highest BCUT2D eigenvalue weighted by Gasteiger charge is 2.27. The van der Waals surface area contributed by atoms with E-state index in [-0.39, 0.29) is 0 Å². The van der Waals surface area contributed by atoms with Gasteiger partial charge in [0.1, 0.15) is 0 Å². The van der Waals surface area contributed by atoms with Gasteiger partial charge < -0.3 is 9.80 Å². The number of nitrogens with zero attached hydrogens (tertiary/aromatic N) is 3. The maximum Gasteiger partial charge on any atom is 0.341 e. The second-order valence-electron chi connectivity index (χ2n) is 4.58. The minimum atomic E-state index is -2.45. The molecule has 7 heteroatoms. The molecular formula is C10H18Cl3N3Si. The fraction of sp³-hybridized carbons (Fsp3) is 0.900. The Bertz CT molecular complexity index is 293. The first-order valence-corrected chi connectivity index (χ1v) is 11.4. The van der Waals surface area contributed by atoms with Gasteiger partial charge in [-0.3, -0.25) is 4.99 Å². The van der Waals surface area contributed by atoms with Crippen LogP contribution in [-0.2, 0) is 0 Å². The van der Waals surface area contributed by atoms with Crippen molar-refractivity contribution in [3.05, 3.63) is 0 Å². The molecule has 0 N–H and O–H groups in total. The number of aliphatic imine (C=N–C) groups is 1. The van der Waals surface area contributed by atoms with E-state index in [2.05, 4.69) is 14.8 Å². The van der Waals surface area contributed by atoms with E-state index in [0.29, 0.717) is 0 Å². The van der Waals surface area contributed by atoms with Gasteiger partial charge in [-0.15, -0.1) is 33.2 Å². The van der Waals surface area contributed by atoms with Gasteiger partial charge >= 0.3 is 6.00 Å². The van der Waals surface area contributed by atoms with E-state index in [1.165, 1.54) is 18.8 Å². The zero-order valence-electron chi connectivity index (χ0n) is 9.84. The molecule has 0 bridgehead atoms. The molecule has 2 aliphatic heterocycles. The molecule has 0 unspecified atom stereocenters. The molecule has 0 atom stereocenters. The van der Waals surface area contributed by atoms with Crippen molar-refractivity contribution in [2.24, 2.45) is 4.99 Å². The lowest BCUT2D eigenvalue weighted by molar-refractivity contribution is 0.244. The molecule has 0 aromatic carbocycles. The number of hydrogen-bond donors (Lipinski definition) is 0. The molecule has 3 nitrogen and oxygen atoms in total. The molecule has 0 aromatic heterocycles. The molecule has 0 spiro atoms. The molecule has 0 aliphatic carbocycles. The largest absolute Gasteiger partial charge is 0.343 e. The number of guanidine groups is 1. The van der Waals surface area contributed by atoms with E-state index in [0.717, 1.165) is 45.2 Å². The molecule has 2 aliphatic rings. The van der Waals surface area contributed by atoms with Crippen LogP contribution in [0.3, 0.4) is 0 Å². The maximum absolute atomic E-state index is 5.90. The van der Waals surface area contributed by atoms with Crippen molar-refractivity contribution < 1.29 is 0 Å². The molecule has 1 fully saturated rings. The van der Waals surface area contributed by atoms with Crippen LogP contribution in [0, 0.1) is 0 Å². The summed E-state index contributed by atoms with van der Waals surface area (Å²) in [5.74, 6) is 1.17. The topological polar surface area (TPSA) is 18.8 Å². The summed E-state index contributed by atoms with van der Waals surface area (Å²) in [6.45, 7) is 5.32. The van der Waals surface area contributed by atoms with E-state index in [1.54, 1.807) is 0 Å². The highest BCUT2D eigenvalue weighted by Crippen LogP contribution is 2.26. The third-order valence-corrected chi connectivity index (χ3v) is 5.77. The average molecular weight is 315 g/mol. The Labute approximate surface area is 118 Å². The van der Waals surface area contributed by atoms with E-state index in [9.17, 15) is 0 Å². The van der Waals surface area contributed by atoms with E-state index >= 15 is 0 Å². The minimum Gasteiger partial charge on any atom is -0.343 e. The zero-order valence-corrected chi connectivity index (χ0v) is 13.1. The van der Waals surface area contributed by atoms with E-state index in [1.807, 2.05) is 0 Å². The lowest BCUT2D eigenvalue weighted by Crippen LogP contribution is -2.52. The molecule has 0 saturated carbocycles. The monoisotopic (exact) mass is 313 g/mol. The third kappa shape index (κ3) is 4.19. The molecule has 2 rings (SSSR count). The normalized spacial score (nSPS) is 21.2. The standard InChI is InChI=1S/C10H18Cl3N3Si/c11-17(12,13)9-3-8-16-7-2-6-15-5-1-4-14-10(15)16/h1-9H2. The fourth-order valence-electron chi connectivity index (χ4n) is 2.39. The van der Waals surface area contributed by atoms with Crippen LogP contribution in [0.4, 0.5) is 0 Å². The lowest BCUT2D eigenvalue weighted by Gasteiger charge is -2.41. The Morgan fingerprint density at radius 1 is 1.12 bits per heavy atom. The smallest absolute Gasteiger partial charge is 0.341 e. The molecular weight excluding hydrogens is 297 g/mol. The van der Waals surface area contributed by atoms with Crippen molar-refractivity contribution in [3.8, 4) is 0 Å². The van der Waals surface area contributed by atoms with Crippen molar-refractivity contribution >= 4 is 45.2 Å². The summed E-state index contributed by atoms with van der Waals surface area (Å²) in [4.78, 5) is 9.37. The van der Waals surface area contributed by atoms with Crippen molar-refractivity contribution in [2.45, 2.75) is 25.3 Å². The Kier molecular flexibility index (Phi) is 4.86. The van der Waals surface area contributed by atoms with Crippen LogP contribution in [0.2, 0.25) is 6.04 Å². The molecule has 0 radical (unpaired) electrons. The Balaban J connectivity index is 1.85. The van der Waals surface area contributed by atoms with Crippen LogP contribution in [-0.4, -0.2) is 54.5 Å². The summed E-state index contributed by atoms with van der Waals surface area (Å²) >= 11 is 17.7. The van der Waals surface area contributed by atoms with Crippen molar-refractivity contribution in [3.63, 3.8) is 0 Å². The van der Waals surface area contributed by atoms with Gasteiger partial charge in [-0.05, 0) is 25.3 Å². The fourth-order valence-corrected chi connectivity index (χ4v) is 4.15. The molecule has 17 heavy (non-hydrogen) atoms. The van der Waals surface area contributed by atoms with Crippen molar-refractivity contribution in [2.75, 3.05) is 32.7 Å². The van der Waals surface area contributed by atoms with Gasteiger partial charge in [0.25, 0.3) is 0 Å². The second kappa shape index (κ2) is 6.00. The Morgan fingerprint density at radius 3 is 2.65 bits per heavy atom. The lowest BCUT2D eigenvalue weighted by atomic mass is 10.2.